The van der Waals surface area contributed by atoms with Crippen molar-refractivity contribution in [2.75, 3.05) is 19.0 Å². The highest BCUT2D eigenvalue weighted by atomic mass is 19.1. The van der Waals surface area contributed by atoms with E-state index >= 15 is 0 Å². The smallest absolute Gasteiger partial charge is 0.350 e. The molecule has 0 aliphatic heterocycles. The number of anilines is 1. The number of phenols is 1. The van der Waals surface area contributed by atoms with E-state index in [0.717, 1.165) is 6.42 Å². The van der Waals surface area contributed by atoms with E-state index in [1.807, 2.05) is 19.0 Å². The molecule has 1 aliphatic rings. The summed E-state index contributed by atoms with van der Waals surface area (Å²) >= 11 is 0. The van der Waals surface area contributed by atoms with Crippen molar-refractivity contribution in [2.24, 2.45) is 7.05 Å². The monoisotopic (exact) mass is 439 g/mol. The van der Waals surface area contributed by atoms with Crippen LogP contribution in [0.5, 0.6) is 5.75 Å². The molecule has 168 valence electrons. The third-order valence-corrected chi connectivity index (χ3v) is 6.04. The van der Waals surface area contributed by atoms with Crippen LogP contribution in [-0.2, 0) is 7.05 Å². The van der Waals surface area contributed by atoms with Gasteiger partial charge in [0.1, 0.15) is 18.2 Å². The molecule has 1 aliphatic carbocycles. The Morgan fingerprint density at radius 2 is 2.03 bits per heavy atom. The predicted molar refractivity (Wildman–Crippen MR) is 119 cm³/mol. The average molecular weight is 439 g/mol. The quantitative estimate of drug-likeness (QED) is 0.621. The molecule has 4 rings (SSSR count). The molecule has 1 fully saturated rings. The minimum atomic E-state index is -0.917. The van der Waals surface area contributed by atoms with Gasteiger partial charge in [0.15, 0.2) is 11.6 Å². The summed E-state index contributed by atoms with van der Waals surface area (Å²) in [7, 11) is 5.29. The van der Waals surface area contributed by atoms with E-state index in [-0.39, 0.29) is 23.7 Å². The molecule has 10 heteroatoms. The summed E-state index contributed by atoms with van der Waals surface area (Å²) in [4.78, 5) is 21.6. The first-order valence-corrected chi connectivity index (χ1v) is 10.5. The van der Waals surface area contributed by atoms with Gasteiger partial charge >= 0.3 is 5.69 Å². The molecule has 1 saturated carbocycles. The number of aromatic nitrogens is 5. The summed E-state index contributed by atoms with van der Waals surface area (Å²) in [5.41, 5.74) is 1.04. The highest BCUT2D eigenvalue weighted by Crippen LogP contribution is 2.32. The number of nitrogens with zero attached hydrogens (tertiary/aromatic N) is 6. The maximum absolute atomic E-state index is 14.5. The Bertz CT molecular complexity index is 1150. The van der Waals surface area contributed by atoms with Crippen LogP contribution in [0.1, 0.15) is 19.3 Å². The van der Waals surface area contributed by atoms with Gasteiger partial charge in [-0.2, -0.15) is 4.98 Å². The molecule has 2 heterocycles. The maximum Gasteiger partial charge on any atom is 0.350 e. The van der Waals surface area contributed by atoms with Crippen LogP contribution in [-0.4, -0.2) is 62.2 Å². The van der Waals surface area contributed by atoms with E-state index in [1.54, 1.807) is 31.3 Å². The van der Waals surface area contributed by atoms with E-state index in [2.05, 4.69) is 25.5 Å². The van der Waals surface area contributed by atoms with Gasteiger partial charge in [-0.05, 0) is 50.6 Å². The Hall–Kier alpha value is -3.40. The van der Waals surface area contributed by atoms with Gasteiger partial charge in [-0.25, -0.2) is 14.2 Å². The molecule has 2 unspecified atom stereocenters. The summed E-state index contributed by atoms with van der Waals surface area (Å²) in [5.74, 6) is 0.768. The minimum Gasteiger partial charge on any atom is -0.507 e. The van der Waals surface area contributed by atoms with Crippen LogP contribution in [0.25, 0.3) is 22.6 Å². The van der Waals surface area contributed by atoms with Crippen LogP contribution in [0.2, 0.25) is 0 Å². The molecule has 3 atom stereocenters. The normalized spacial score (nSPS) is 20.8. The lowest BCUT2D eigenvalue weighted by molar-refractivity contribution is 0.189. The Kier molecular flexibility index (Phi) is 6.13. The van der Waals surface area contributed by atoms with E-state index < -0.39 is 11.9 Å². The molecular formula is C22H26FN7O2. The lowest BCUT2D eigenvalue weighted by Gasteiger charge is -2.38. The number of hydrogen-bond acceptors (Lipinski definition) is 8. The Morgan fingerprint density at radius 1 is 1.22 bits per heavy atom. The number of nitrogens with one attached hydrogen (secondary N) is 1. The van der Waals surface area contributed by atoms with Gasteiger partial charge in [0.2, 0.25) is 0 Å². The van der Waals surface area contributed by atoms with Crippen molar-refractivity contribution in [1.29, 1.82) is 0 Å². The van der Waals surface area contributed by atoms with Crippen LogP contribution in [0.15, 0.2) is 41.5 Å². The molecule has 0 amide bonds. The standard InChI is InChI=1S/C22H26FN7O2/c1-24-14-5-7-16(23)18(11-14)30(3)20-9-8-17(27-28-20)15-6-4-13(10-19(15)31)21-25-12-29(2)22(32)26-21/h4,6,8-10,12,14,16,18,24,31H,5,7,11H2,1-3H3/t14?,16?,18-/m0/s1. The van der Waals surface area contributed by atoms with Crippen molar-refractivity contribution in [2.45, 2.75) is 37.5 Å². The van der Waals surface area contributed by atoms with Gasteiger partial charge in [-0.1, -0.05) is 6.07 Å². The first-order valence-electron chi connectivity index (χ1n) is 10.5. The lowest BCUT2D eigenvalue weighted by Crippen LogP contribution is -2.48. The number of aryl methyl sites for hydroxylation is 1. The van der Waals surface area contributed by atoms with E-state index in [1.165, 1.54) is 17.0 Å². The summed E-state index contributed by atoms with van der Waals surface area (Å²) < 4.78 is 15.8. The van der Waals surface area contributed by atoms with Crippen molar-refractivity contribution in [3.05, 3.63) is 47.1 Å². The zero-order valence-electron chi connectivity index (χ0n) is 18.2. The Balaban J connectivity index is 1.55. The van der Waals surface area contributed by atoms with Crippen LogP contribution >= 0.6 is 0 Å². The third kappa shape index (κ3) is 4.31. The van der Waals surface area contributed by atoms with Gasteiger partial charge in [0.05, 0.1) is 11.7 Å². The minimum absolute atomic E-state index is 0.0323. The van der Waals surface area contributed by atoms with Gasteiger partial charge in [-0.15, -0.1) is 10.2 Å². The number of rotatable bonds is 5. The SMILES string of the molecule is CNC1CCC(F)[C@@H](N(C)c2ccc(-c3ccc(-c4ncn(C)c(=O)n4)cc3O)nn2)C1. The molecule has 2 N–H and O–H groups in total. The third-order valence-electron chi connectivity index (χ3n) is 6.04. The van der Waals surface area contributed by atoms with E-state index in [4.69, 9.17) is 0 Å². The first kappa shape index (κ1) is 21.8. The van der Waals surface area contributed by atoms with Crippen molar-refractivity contribution >= 4 is 5.82 Å². The van der Waals surface area contributed by atoms with Gasteiger partial charge in [-0.3, -0.25) is 4.57 Å². The zero-order valence-corrected chi connectivity index (χ0v) is 18.2. The number of alkyl halides is 1. The van der Waals surface area contributed by atoms with Crippen molar-refractivity contribution < 1.29 is 9.50 Å². The molecule has 0 saturated heterocycles. The highest BCUT2D eigenvalue weighted by molar-refractivity contribution is 5.72. The van der Waals surface area contributed by atoms with Crippen LogP contribution in [0.3, 0.4) is 0 Å². The number of halogens is 1. The number of aromatic hydroxyl groups is 1. The average Bonchev–Trinajstić information content (AvgIpc) is 2.81. The molecule has 2 aromatic heterocycles. The second kappa shape index (κ2) is 8.99. The van der Waals surface area contributed by atoms with Crippen molar-refractivity contribution in [3.8, 4) is 28.4 Å². The van der Waals surface area contributed by atoms with Gasteiger partial charge in [0, 0.05) is 31.3 Å². The fraction of sp³-hybridized carbons (Fsp3) is 0.409. The molecule has 9 nitrogen and oxygen atoms in total. The summed E-state index contributed by atoms with van der Waals surface area (Å²) in [5, 5.41) is 22.3. The largest absolute Gasteiger partial charge is 0.507 e. The second-order valence-corrected chi connectivity index (χ2v) is 8.08. The first-order chi connectivity index (χ1) is 15.4. The lowest BCUT2D eigenvalue weighted by atomic mass is 9.88. The molecular weight excluding hydrogens is 413 g/mol. The predicted octanol–water partition coefficient (Wildman–Crippen LogP) is 1.92. The molecule has 3 aromatic rings. The number of benzene rings is 1. The molecule has 32 heavy (non-hydrogen) atoms. The molecule has 0 spiro atoms. The summed E-state index contributed by atoms with van der Waals surface area (Å²) in [6.45, 7) is 0. The van der Waals surface area contributed by atoms with Crippen LogP contribution in [0, 0.1) is 0 Å². The highest BCUT2D eigenvalue weighted by Gasteiger charge is 2.33. The summed E-state index contributed by atoms with van der Waals surface area (Å²) in [6.07, 6.45) is 2.50. The van der Waals surface area contributed by atoms with Crippen LogP contribution in [0.4, 0.5) is 10.2 Å². The second-order valence-electron chi connectivity index (χ2n) is 8.08. The van der Waals surface area contributed by atoms with Crippen molar-refractivity contribution in [3.63, 3.8) is 0 Å². The molecule has 1 aromatic carbocycles. The summed E-state index contributed by atoms with van der Waals surface area (Å²) in [6, 6.07) is 8.40. The molecule has 0 radical (unpaired) electrons. The number of phenolic OH excluding ortho intramolecular Hbond substituents is 1. The van der Waals surface area contributed by atoms with Crippen molar-refractivity contribution in [1.82, 2.24) is 30.0 Å². The zero-order chi connectivity index (χ0) is 22.8. The molecule has 0 bridgehead atoms. The number of hydrogen-bond donors (Lipinski definition) is 2. The van der Waals surface area contributed by atoms with E-state index in [0.29, 0.717) is 35.5 Å². The van der Waals surface area contributed by atoms with Gasteiger partial charge < -0.3 is 15.3 Å². The fourth-order valence-electron chi connectivity index (χ4n) is 4.02. The van der Waals surface area contributed by atoms with Gasteiger partial charge in [0.25, 0.3) is 0 Å². The van der Waals surface area contributed by atoms with Crippen LogP contribution < -0.4 is 15.9 Å². The maximum atomic E-state index is 14.5. The fourth-order valence-corrected chi connectivity index (χ4v) is 4.02. The Morgan fingerprint density at radius 3 is 2.69 bits per heavy atom. The Labute approximate surface area is 185 Å². The topological polar surface area (TPSA) is 109 Å². The van der Waals surface area contributed by atoms with E-state index in [9.17, 15) is 14.3 Å².